The number of aromatic nitrogens is 1. The summed E-state index contributed by atoms with van der Waals surface area (Å²) in [6, 6.07) is 5.96. The van der Waals surface area contributed by atoms with E-state index < -0.39 is 0 Å². The summed E-state index contributed by atoms with van der Waals surface area (Å²) in [4.78, 5) is 17.5. The predicted molar refractivity (Wildman–Crippen MR) is 65.0 cm³/mol. The molecule has 1 rings (SSSR count). The van der Waals surface area contributed by atoms with E-state index in [2.05, 4.69) is 11.1 Å². The van der Waals surface area contributed by atoms with Gasteiger partial charge in [-0.2, -0.15) is 5.26 Å². The van der Waals surface area contributed by atoms with Crippen molar-refractivity contribution in [1.29, 1.82) is 5.26 Å². The Kier molecular flexibility index (Phi) is 5.91. The first-order chi connectivity index (χ1) is 8.26. The minimum Gasteiger partial charge on any atom is -0.298 e. The van der Waals surface area contributed by atoms with E-state index in [9.17, 15) is 4.79 Å². The van der Waals surface area contributed by atoms with E-state index in [1.54, 1.807) is 12.4 Å². The van der Waals surface area contributed by atoms with Gasteiger partial charge in [-0.25, -0.2) is 0 Å². The van der Waals surface area contributed by atoms with Crippen molar-refractivity contribution in [3.63, 3.8) is 0 Å². The van der Waals surface area contributed by atoms with Gasteiger partial charge in [-0.15, -0.1) is 0 Å². The van der Waals surface area contributed by atoms with Crippen LogP contribution in [0.5, 0.6) is 0 Å². The largest absolute Gasteiger partial charge is 0.298 e. The Morgan fingerprint density at radius 1 is 1.59 bits per heavy atom. The Labute approximate surface area is 102 Å². The summed E-state index contributed by atoms with van der Waals surface area (Å²) in [6.45, 7) is 3.56. The number of pyridine rings is 1. The average molecular weight is 231 g/mol. The van der Waals surface area contributed by atoms with Crippen LogP contribution in [0.15, 0.2) is 24.5 Å². The van der Waals surface area contributed by atoms with Gasteiger partial charge in [-0.05, 0) is 11.6 Å². The summed E-state index contributed by atoms with van der Waals surface area (Å²) in [5.74, 6) is 0.201. The fourth-order valence-corrected chi connectivity index (χ4v) is 1.53. The SMILES string of the molecule is CCC(=O)CN(CCC#N)Cc1cccnc1. The Morgan fingerprint density at radius 2 is 2.41 bits per heavy atom. The van der Waals surface area contributed by atoms with Crippen molar-refractivity contribution in [2.45, 2.75) is 26.3 Å². The van der Waals surface area contributed by atoms with Crippen LogP contribution in [0.2, 0.25) is 0 Å². The van der Waals surface area contributed by atoms with Crippen LogP contribution in [0.1, 0.15) is 25.3 Å². The van der Waals surface area contributed by atoms with Crippen molar-refractivity contribution in [2.24, 2.45) is 0 Å². The number of ketones is 1. The third-order valence-electron chi connectivity index (χ3n) is 2.46. The molecule has 0 saturated heterocycles. The maximum atomic E-state index is 11.4. The minimum absolute atomic E-state index is 0.201. The molecule has 4 heteroatoms. The van der Waals surface area contributed by atoms with Gasteiger partial charge in [-0.1, -0.05) is 13.0 Å². The van der Waals surface area contributed by atoms with Crippen LogP contribution in [-0.4, -0.2) is 28.8 Å². The minimum atomic E-state index is 0.201. The van der Waals surface area contributed by atoms with Gasteiger partial charge in [0.1, 0.15) is 5.78 Å². The molecule has 0 aromatic carbocycles. The summed E-state index contributed by atoms with van der Waals surface area (Å²) in [5.41, 5.74) is 1.06. The molecule has 1 aromatic heterocycles. The zero-order chi connectivity index (χ0) is 12.5. The van der Waals surface area contributed by atoms with Crippen molar-refractivity contribution in [3.05, 3.63) is 30.1 Å². The second-order valence-corrected chi connectivity index (χ2v) is 3.87. The van der Waals surface area contributed by atoms with Gasteiger partial charge < -0.3 is 0 Å². The Bertz CT molecular complexity index is 383. The van der Waals surface area contributed by atoms with E-state index in [0.29, 0.717) is 32.5 Å². The molecule has 0 unspecified atom stereocenters. The number of rotatable bonds is 7. The lowest BCUT2D eigenvalue weighted by Gasteiger charge is -2.19. The van der Waals surface area contributed by atoms with Crippen molar-refractivity contribution in [3.8, 4) is 6.07 Å². The Balaban J connectivity index is 2.57. The molecule has 1 aromatic rings. The lowest BCUT2D eigenvalue weighted by molar-refractivity contribution is -0.120. The summed E-state index contributed by atoms with van der Waals surface area (Å²) in [6.07, 6.45) is 4.49. The number of nitriles is 1. The van der Waals surface area contributed by atoms with Gasteiger partial charge in [0.05, 0.1) is 12.6 Å². The number of carbonyl (C=O) groups is 1. The first-order valence-electron chi connectivity index (χ1n) is 5.76. The highest BCUT2D eigenvalue weighted by Crippen LogP contribution is 2.04. The van der Waals surface area contributed by atoms with Crippen LogP contribution in [0.25, 0.3) is 0 Å². The second-order valence-electron chi connectivity index (χ2n) is 3.87. The molecule has 0 N–H and O–H groups in total. The molecule has 17 heavy (non-hydrogen) atoms. The summed E-state index contributed by atoms with van der Waals surface area (Å²) < 4.78 is 0. The summed E-state index contributed by atoms with van der Waals surface area (Å²) >= 11 is 0. The maximum Gasteiger partial charge on any atom is 0.146 e. The van der Waals surface area contributed by atoms with Crippen LogP contribution < -0.4 is 0 Å². The highest BCUT2D eigenvalue weighted by molar-refractivity contribution is 5.80. The molecule has 4 nitrogen and oxygen atoms in total. The molecule has 0 aliphatic heterocycles. The zero-order valence-corrected chi connectivity index (χ0v) is 10.1. The third-order valence-corrected chi connectivity index (χ3v) is 2.46. The third kappa shape index (κ3) is 5.23. The number of Topliss-reactive ketones (excluding diaryl/α,β-unsaturated/α-hetero) is 1. The van der Waals surface area contributed by atoms with Gasteiger partial charge >= 0.3 is 0 Å². The smallest absolute Gasteiger partial charge is 0.146 e. The van der Waals surface area contributed by atoms with Crippen LogP contribution in [-0.2, 0) is 11.3 Å². The van der Waals surface area contributed by atoms with E-state index >= 15 is 0 Å². The van der Waals surface area contributed by atoms with Gasteiger partial charge in [-0.3, -0.25) is 14.7 Å². The normalized spacial score (nSPS) is 10.2. The van der Waals surface area contributed by atoms with Gasteiger partial charge in [0.15, 0.2) is 0 Å². The summed E-state index contributed by atoms with van der Waals surface area (Å²) in [5, 5.41) is 8.60. The molecule has 0 saturated carbocycles. The van der Waals surface area contributed by atoms with E-state index in [1.165, 1.54) is 0 Å². The Hall–Kier alpha value is -1.73. The monoisotopic (exact) mass is 231 g/mol. The molecule has 1 heterocycles. The number of carbonyl (C=O) groups excluding carboxylic acids is 1. The van der Waals surface area contributed by atoms with E-state index in [1.807, 2.05) is 24.0 Å². The van der Waals surface area contributed by atoms with E-state index in [4.69, 9.17) is 5.26 Å². The van der Waals surface area contributed by atoms with Crippen molar-refractivity contribution >= 4 is 5.78 Å². The highest BCUT2D eigenvalue weighted by Gasteiger charge is 2.09. The molecular weight excluding hydrogens is 214 g/mol. The molecule has 0 atom stereocenters. The van der Waals surface area contributed by atoms with Crippen molar-refractivity contribution in [2.75, 3.05) is 13.1 Å². The number of hydrogen-bond donors (Lipinski definition) is 0. The van der Waals surface area contributed by atoms with Crippen LogP contribution >= 0.6 is 0 Å². The van der Waals surface area contributed by atoms with Gasteiger partial charge in [0.2, 0.25) is 0 Å². The number of hydrogen-bond acceptors (Lipinski definition) is 4. The fourth-order valence-electron chi connectivity index (χ4n) is 1.53. The molecule has 0 amide bonds. The lowest BCUT2D eigenvalue weighted by atomic mass is 10.2. The molecule has 0 bridgehead atoms. The molecule has 0 radical (unpaired) electrons. The van der Waals surface area contributed by atoms with E-state index in [0.717, 1.165) is 5.56 Å². The molecule has 0 spiro atoms. The van der Waals surface area contributed by atoms with Crippen molar-refractivity contribution < 1.29 is 4.79 Å². The first kappa shape index (κ1) is 13.3. The van der Waals surface area contributed by atoms with Crippen LogP contribution in [0, 0.1) is 11.3 Å². The Morgan fingerprint density at radius 3 is 3.00 bits per heavy atom. The average Bonchev–Trinajstić information content (AvgIpc) is 2.37. The van der Waals surface area contributed by atoms with Crippen LogP contribution in [0.4, 0.5) is 0 Å². The predicted octanol–water partition coefficient (Wildman–Crippen LogP) is 1.78. The molecule has 0 aliphatic carbocycles. The van der Waals surface area contributed by atoms with Gasteiger partial charge in [0, 0.05) is 38.3 Å². The zero-order valence-electron chi connectivity index (χ0n) is 10.1. The standard InChI is InChI=1S/C13H17N3O/c1-2-13(17)11-16(8-4-6-14)10-12-5-3-7-15-9-12/h3,5,7,9H,2,4,8,10-11H2,1H3. The topological polar surface area (TPSA) is 57.0 Å². The quantitative estimate of drug-likeness (QED) is 0.717. The van der Waals surface area contributed by atoms with E-state index in [-0.39, 0.29) is 5.78 Å². The molecule has 0 fully saturated rings. The summed E-state index contributed by atoms with van der Waals surface area (Å²) in [7, 11) is 0. The lowest BCUT2D eigenvalue weighted by Crippen LogP contribution is -2.30. The van der Waals surface area contributed by atoms with Crippen molar-refractivity contribution in [1.82, 2.24) is 9.88 Å². The van der Waals surface area contributed by atoms with Crippen LogP contribution in [0.3, 0.4) is 0 Å². The number of nitrogens with zero attached hydrogens (tertiary/aromatic N) is 3. The molecular formula is C13H17N3O. The van der Waals surface area contributed by atoms with Gasteiger partial charge in [0.25, 0.3) is 0 Å². The second kappa shape index (κ2) is 7.53. The molecule has 90 valence electrons. The fraction of sp³-hybridized carbons (Fsp3) is 0.462. The first-order valence-corrected chi connectivity index (χ1v) is 5.76. The maximum absolute atomic E-state index is 11.4. The highest BCUT2D eigenvalue weighted by atomic mass is 16.1. The molecule has 0 aliphatic rings.